The lowest BCUT2D eigenvalue weighted by Crippen LogP contribution is -1.97. The van der Waals surface area contributed by atoms with Gasteiger partial charge in [0.05, 0.1) is 4.47 Å². The molecule has 2 aromatic carbocycles. The van der Waals surface area contributed by atoms with Gasteiger partial charge in [-0.25, -0.2) is 4.39 Å². The van der Waals surface area contributed by atoms with Gasteiger partial charge in [-0.05, 0) is 71.2 Å². The first-order valence-electron chi connectivity index (χ1n) is 5.56. The number of rotatable bonds is 2. The first-order chi connectivity index (χ1) is 8.47. The SMILES string of the molecule is Cc1cc(N)ccc1Nc1cc(F)c(Br)cc1C. The Kier molecular flexibility index (Phi) is 3.57. The Labute approximate surface area is 114 Å². The van der Waals surface area contributed by atoms with Gasteiger partial charge in [0.25, 0.3) is 0 Å². The van der Waals surface area contributed by atoms with Crippen molar-refractivity contribution in [2.45, 2.75) is 13.8 Å². The Morgan fingerprint density at radius 2 is 1.72 bits per heavy atom. The zero-order chi connectivity index (χ0) is 13.3. The molecule has 2 rings (SSSR count). The Bertz CT molecular complexity index is 597. The van der Waals surface area contributed by atoms with Crippen LogP contribution in [0.3, 0.4) is 0 Å². The maximum atomic E-state index is 13.5. The fraction of sp³-hybridized carbons (Fsp3) is 0.143. The molecule has 3 N–H and O–H groups in total. The van der Waals surface area contributed by atoms with Crippen molar-refractivity contribution in [2.75, 3.05) is 11.1 Å². The van der Waals surface area contributed by atoms with Gasteiger partial charge in [-0.3, -0.25) is 0 Å². The van der Waals surface area contributed by atoms with E-state index in [2.05, 4.69) is 21.2 Å². The second-order valence-electron chi connectivity index (χ2n) is 4.28. The van der Waals surface area contributed by atoms with Gasteiger partial charge in [0, 0.05) is 17.1 Å². The minimum atomic E-state index is -0.281. The van der Waals surface area contributed by atoms with E-state index in [9.17, 15) is 4.39 Å². The third-order valence-electron chi connectivity index (χ3n) is 2.79. The number of hydrogen-bond acceptors (Lipinski definition) is 2. The number of anilines is 3. The third kappa shape index (κ3) is 2.64. The molecule has 0 bridgehead atoms. The van der Waals surface area contributed by atoms with Crippen LogP contribution in [0.2, 0.25) is 0 Å². The zero-order valence-electron chi connectivity index (χ0n) is 10.2. The number of nitrogens with two attached hydrogens (primary N) is 1. The molecule has 0 spiro atoms. The molecule has 0 saturated heterocycles. The normalized spacial score (nSPS) is 10.4. The second kappa shape index (κ2) is 4.98. The van der Waals surface area contributed by atoms with E-state index in [1.165, 1.54) is 6.07 Å². The Morgan fingerprint density at radius 3 is 2.39 bits per heavy atom. The number of benzene rings is 2. The summed E-state index contributed by atoms with van der Waals surface area (Å²) in [6.45, 7) is 3.89. The van der Waals surface area contributed by atoms with Crippen LogP contribution in [0.1, 0.15) is 11.1 Å². The van der Waals surface area contributed by atoms with Crippen molar-refractivity contribution in [1.82, 2.24) is 0 Å². The Morgan fingerprint density at radius 1 is 1.06 bits per heavy atom. The number of halogens is 2. The molecule has 2 aromatic rings. The van der Waals surface area contributed by atoms with Crippen LogP contribution in [0.25, 0.3) is 0 Å². The fourth-order valence-electron chi connectivity index (χ4n) is 1.75. The van der Waals surface area contributed by atoms with Crippen molar-refractivity contribution in [3.63, 3.8) is 0 Å². The van der Waals surface area contributed by atoms with Crippen LogP contribution < -0.4 is 11.1 Å². The number of nitrogen functional groups attached to an aromatic ring is 1. The van der Waals surface area contributed by atoms with Crippen molar-refractivity contribution in [2.24, 2.45) is 0 Å². The lowest BCUT2D eigenvalue weighted by atomic mass is 10.1. The molecule has 0 aliphatic carbocycles. The minimum Gasteiger partial charge on any atom is -0.399 e. The molecule has 2 nitrogen and oxygen atoms in total. The molecule has 0 amide bonds. The van der Waals surface area contributed by atoms with Gasteiger partial charge in [0.15, 0.2) is 0 Å². The van der Waals surface area contributed by atoms with Gasteiger partial charge in [0.1, 0.15) is 5.82 Å². The first kappa shape index (κ1) is 12.9. The summed E-state index contributed by atoms with van der Waals surface area (Å²) in [6.07, 6.45) is 0. The summed E-state index contributed by atoms with van der Waals surface area (Å²) in [5.74, 6) is -0.281. The Balaban J connectivity index is 2.37. The van der Waals surface area contributed by atoms with Crippen molar-refractivity contribution < 1.29 is 4.39 Å². The summed E-state index contributed by atoms with van der Waals surface area (Å²) in [6, 6.07) is 8.83. The highest BCUT2D eigenvalue weighted by Crippen LogP contribution is 2.28. The molecule has 0 fully saturated rings. The second-order valence-corrected chi connectivity index (χ2v) is 5.13. The smallest absolute Gasteiger partial charge is 0.139 e. The third-order valence-corrected chi connectivity index (χ3v) is 3.39. The van der Waals surface area contributed by atoms with E-state index >= 15 is 0 Å². The molecule has 0 saturated carbocycles. The molecule has 0 atom stereocenters. The molecule has 0 heterocycles. The molecular formula is C14H14BrFN2. The van der Waals surface area contributed by atoms with Crippen molar-refractivity contribution in [3.05, 3.63) is 51.7 Å². The van der Waals surface area contributed by atoms with Crippen LogP contribution in [0, 0.1) is 19.7 Å². The first-order valence-corrected chi connectivity index (χ1v) is 6.35. The van der Waals surface area contributed by atoms with Crippen molar-refractivity contribution in [3.8, 4) is 0 Å². The van der Waals surface area contributed by atoms with E-state index in [1.807, 2.05) is 32.0 Å². The van der Waals surface area contributed by atoms with E-state index in [0.717, 1.165) is 28.2 Å². The van der Waals surface area contributed by atoms with Gasteiger partial charge >= 0.3 is 0 Å². The standard InChI is InChI=1S/C14H14BrFN2/c1-8-5-10(17)3-4-13(8)18-14-7-12(16)11(15)6-9(14)2/h3-7,18H,17H2,1-2H3. The van der Waals surface area contributed by atoms with E-state index in [-0.39, 0.29) is 5.82 Å². The van der Waals surface area contributed by atoms with E-state index in [4.69, 9.17) is 5.73 Å². The summed E-state index contributed by atoms with van der Waals surface area (Å²) in [4.78, 5) is 0. The number of hydrogen-bond donors (Lipinski definition) is 2. The molecule has 0 radical (unpaired) electrons. The predicted octanol–water partition coefficient (Wildman–Crippen LogP) is 4.53. The van der Waals surface area contributed by atoms with Crippen molar-refractivity contribution in [1.29, 1.82) is 0 Å². The van der Waals surface area contributed by atoms with Gasteiger partial charge in [-0.15, -0.1) is 0 Å². The number of aryl methyl sites for hydroxylation is 2. The van der Waals surface area contributed by atoms with Crippen LogP contribution in [0.5, 0.6) is 0 Å². The average Bonchev–Trinajstić information content (AvgIpc) is 2.29. The molecule has 94 valence electrons. The molecule has 18 heavy (non-hydrogen) atoms. The maximum absolute atomic E-state index is 13.5. The van der Waals surface area contributed by atoms with Gasteiger partial charge < -0.3 is 11.1 Å². The summed E-state index contributed by atoms with van der Waals surface area (Å²) in [7, 11) is 0. The van der Waals surface area contributed by atoms with Crippen LogP contribution in [0.4, 0.5) is 21.5 Å². The van der Waals surface area contributed by atoms with Crippen LogP contribution in [-0.4, -0.2) is 0 Å². The quantitative estimate of drug-likeness (QED) is 0.800. The summed E-state index contributed by atoms with van der Waals surface area (Å²) < 4.78 is 14.0. The van der Waals surface area contributed by atoms with Gasteiger partial charge in [0.2, 0.25) is 0 Å². The van der Waals surface area contributed by atoms with E-state index in [1.54, 1.807) is 6.07 Å². The highest BCUT2D eigenvalue weighted by Gasteiger charge is 2.06. The monoisotopic (exact) mass is 308 g/mol. The molecule has 4 heteroatoms. The predicted molar refractivity (Wildman–Crippen MR) is 77.7 cm³/mol. The van der Waals surface area contributed by atoms with Gasteiger partial charge in [-0.1, -0.05) is 0 Å². The van der Waals surface area contributed by atoms with E-state index < -0.39 is 0 Å². The molecule has 0 aromatic heterocycles. The largest absolute Gasteiger partial charge is 0.399 e. The van der Waals surface area contributed by atoms with Crippen LogP contribution in [-0.2, 0) is 0 Å². The van der Waals surface area contributed by atoms with Crippen molar-refractivity contribution >= 4 is 33.0 Å². The maximum Gasteiger partial charge on any atom is 0.139 e. The molecular weight excluding hydrogens is 295 g/mol. The highest BCUT2D eigenvalue weighted by molar-refractivity contribution is 9.10. The average molecular weight is 309 g/mol. The summed E-state index contributed by atoms with van der Waals surface area (Å²) in [5.41, 5.74) is 10.1. The molecule has 0 aliphatic heterocycles. The minimum absolute atomic E-state index is 0.281. The molecule has 0 unspecified atom stereocenters. The molecule has 0 aliphatic rings. The number of nitrogens with one attached hydrogen (secondary N) is 1. The fourth-order valence-corrected chi connectivity index (χ4v) is 2.21. The highest BCUT2D eigenvalue weighted by atomic mass is 79.9. The lowest BCUT2D eigenvalue weighted by molar-refractivity contribution is 0.621. The van der Waals surface area contributed by atoms with Gasteiger partial charge in [-0.2, -0.15) is 0 Å². The summed E-state index contributed by atoms with van der Waals surface area (Å²) >= 11 is 3.17. The zero-order valence-corrected chi connectivity index (χ0v) is 11.8. The lowest BCUT2D eigenvalue weighted by Gasteiger charge is -2.13. The topological polar surface area (TPSA) is 38.0 Å². The van der Waals surface area contributed by atoms with Crippen LogP contribution >= 0.6 is 15.9 Å². The van der Waals surface area contributed by atoms with E-state index in [0.29, 0.717) is 4.47 Å². The summed E-state index contributed by atoms with van der Waals surface area (Å²) in [5, 5.41) is 3.22. The Hall–Kier alpha value is -1.55. The van der Waals surface area contributed by atoms with Crippen LogP contribution in [0.15, 0.2) is 34.8 Å².